The van der Waals surface area contributed by atoms with Crippen molar-refractivity contribution >= 4 is 5.97 Å². The van der Waals surface area contributed by atoms with Gasteiger partial charge in [0.1, 0.15) is 6.61 Å². The van der Waals surface area contributed by atoms with Crippen molar-refractivity contribution < 1.29 is 66.6 Å². The summed E-state index contributed by atoms with van der Waals surface area (Å²) in [5, 5.41) is 0. The molecule has 0 aliphatic rings. The Morgan fingerprint density at radius 1 is 0.706 bits per heavy atom. The van der Waals surface area contributed by atoms with Gasteiger partial charge in [-0.05, 0) is 25.2 Å². The van der Waals surface area contributed by atoms with Crippen molar-refractivity contribution in [3.63, 3.8) is 0 Å². The average Bonchev–Trinajstić information content (AvgIpc) is 2.63. The maximum atomic E-state index is 14.1. The molecule has 0 amide bonds. The van der Waals surface area contributed by atoms with Gasteiger partial charge in [-0.15, -0.1) is 0 Å². The van der Waals surface area contributed by atoms with E-state index < -0.39 is 59.7 Å². The fourth-order valence-corrected chi connectivity index (χ4v) is 3.36. The lowest BCUT2D eigenvalue weighted by Crippen LogP contribution is -2.72. The van der Waals surface area contributed by atoms with Crippen LogP contribution in [0.25, 0.3) is 0 Å². The van der Waals surface area contributed by atoms with Gasteiger partial charge in [-0.2, -0.15) is 57.1 Å². The summed E-state index contributed by atoms with van der Waals surface area (Å²) in [5.41, 5.74) is -8.91. The van der Waals surface area contributed by atoms with Crippen molar-refractivity contribution in [2.75, 3.05) is 6.61 Å². The minimum atomic E-state index is -7.83. The highest BCUT2D eigenvalue weighted by atomic mass is 19.4. The molecule has 0 N–H and O–H groups in total. The lowest BCUT2D eigenvalue weighted by Gasteiger charge is -2.45. The van der Waals surface area contributed by atoms with Gasteiger partial charge >= 0.3 is 36.3 Å². The summed E-state index contributed by atoms with van der Waals surface area (Å²) in [7, 11) is 0. The Morgan fingerprint density at radius 2 is 1.12 bits per heavy atom. The summed E-state index contributed by atoms with van der Waals surface area (Å²) in [4.78, 5) is 12.6. The van der Waals surface area contributed by atoms with Gasteiger partial charge in [0.2, 0.25) is 0 Å². The van der Waals surface area contributed by atoms with Crippen LogP contribution in [0.2, 0.25) is 0 Å². The van der Waals surface area contributed by atoms with Crippen molar-refractivity contribution in [1.82, 2.24) is 0 Å². The van der Waals surface area contributed by atoms with Gasteiger partial charge < -0.3 is 4.74 Å². The molecule has 0 saturated carbocycles. The number of hydrogen-bond donors (Lipinski definition) is 0. The average molecular weight is 532 g/mol. The molecular weight excluding hydrogens is 507 g/mol. The molecule has 0 fully saturated rings. The topological polar surface area (TPSA) is 26.3 Å². The first-order chi connectivity index (χ1) is 14.8. The first kappa shape index (κ1) is 32.6. The van der Waals surface area contributed by atoms with Crippen LogP contribution in [-0.2, 0) is 9.53 Å². The predicted octanol–water partition coefficient (Wildman–Crippen LogP) is 7.96. The summed E-state index contributed by atoms with van der Waals surface area (Å²) in [5.74, 6) is -18.6. The third-order valence-corrected chi connectivity index (χ3v) is 6.31. The van der Waals surface area contributed by atoms with E-state index >= 15 is 0 Å². The van der Waals surface area contributed by atoms with E-state index in [1.807, 2.05) is 0 Å². The minimum Gasteiger partial charge on any atom is -0.464 e. The summed E-state index contributed by atoms with van der Waals surface area (Å²) in [6.45, 7) is 3.56. The number of carbonyl (C=O) groups is 1. The fourth-order valence-electron chi connectivity index (χ4n) is 3.36. The number of carbonyl (C=O) groups excluding carboxylic acids is 1. The molecule has 2 nitrogen and oxygen atoms in total. The second-order valence-corrected chi connectivity index (χ2v) is 8.57. The van der Waals surface area contributed by atoms with Crippen molar-refractivity contribution in [3.05, 3.63) is 0 Å². The van der Waals surface area contributed by atoms with Crippen LogP contribution in [0.15, 0.2) is 0 Å². The second kappa shape index (κ2) is 9.90. The van der Waals surface area contributed by atoms with Gasteiger partial charge in [-0.25, -0.2) is 0 Å². The Kier molecular flexibility index (Phi) is 9.48. The zero-order chi connectivity index (χ0) is 27.8. The van der Waals surface area contributed by atoms with Crippen LogP contribution in [0, 0.1) is 22.7 Å². The summed E-state index contributed by atoms with van der Waals surface area (Å²) in [6.07, 6.45) is -22.1. The van der Waals surface area contributed by atoms with Gasteiger partial charge in [0, 0.05) is 0 Å². The molecule has 0 spiro atoms. The first-order valence-corrected chi connectivity index (χ1v) is 9.94. The second-order valence-electron chi connectivity index (χ2n) is 8.57. The molecule has 204 valence electrons. The fraction of sp³-hybridized carbons (Fsp3) is 0.947. The van der Waals surface area contributed by atoms with Crippen LogP contribution in [0.4, 0.5) is 57.1 Å². The Labute approximate surface area is 187 Å². The van der Waals surface area contributed by atoms with E-state index in [4.69, 9.17) is 0 Å². The van der Waals surface area contributed by atoms with Crippen LogP contribution in [0.3, 0.4) is 0 Å². The molecular formula is C19H25F13O2. The Hall–Kier alpha value is -1.44. The molecule has 0 aromatic rings. The SMILES string of the molecule is CCC(C)CC(C)(C(=O)OCC(C(F)(F)F)(C(F)(F)F)C(F)(F)C(F)(F)C(F)(F)F)C(C)CC. The standard InChI is InChI=1S/C19H25F13O2/c1-6-10(3)8-13(5,11(4)7-2)12(33)34-9-14(17(24,25)26,18(27,28)29)15(20,21)16(22,23)19(30,31)32/h10-11H,6-9H2,1-5H3. The summed E-state index contributed by atoms with van der Waals surface area (Å²) < 4.78 is 177. The molecule has 0 saturated heterocycles. The predicted molar refractivity (Wildman–Crippen MR) is 93.1 cm³/mol. The van der Waals surface area contributed by atoms with Crippen LogP contribution in [-0.4, -0.2) is 43.0 Å². The number of esters is 1. The zero-order valence-electron chi connectivity index (χ0n) is 18.7. The normalized spacial score (nSPS) is 18.3. The van der Waals surface area contributed by atoms with Crippen LogP contribution >= 0.6 is 0 Å². The first-order valence-electron chi connectivity index (χ1n) is 9.94. The quantitative estimate of drug-likeness (QED) is 0.211. The van der Waals surface area contributed by atoms with E-state index in [0.29, 0.717) is 6.42 Å². The van der Waals surface area contributed by atoms with Crippen molar-refractivity contribution in [2.45, 2.75) is 84.3 Å². The molecule has 0 rings (SSSR count). The number of halogens is 13. The molecule has 3 unspecified atom stereocenters. The van der Waals surface area contributed by atoms with E-state index in [0.717, 1.165) is 6.92 Å². The molecule has 34 heavy (non-hydrogen) atoms. The van der Waals surface area contributed by atoms with Gasteiger partial charge in [0.25, 0.3) is 5.41 Å². The number of alkyl halides is 13. The van der Waals surface area contributed by atoms with Gasteiger partial charge in [0.15, 0.2) is 0 Å². The van der Waals surface area contributed by atoms with Crippen molar-refractivity contribution in [1.29, 1.82) is 0 Å². The van der Waals surface area contributed by atoms with Gasteiger partial charge in [-0.1, -0.05) is 40.5 Å². The highest BCUT2D eigenvalue weighted by Crippen LogP contribution is 2.65. The van der Waals surface area contributed by atoms with Crippen molar-refractivity contribution in [3.8, 4) is 0 Å². The van der Waals surface area contributed by atoms with Gasteiger partial charge in [0.05, 0.1) is 5.41 Å². The molecule has 3 atom stereocenters. The smallest absolute Gasteiger partial charge is 0.459 e. The summed E-state index contributed by atoms with van der Waals surface area (Å²) >= 11 is 0. The molecule has 15 heteroatoms. The van der Waals surface area contributed by atoms with Gasteiger partial charge in [-0.3, -0.25) is 4.79 Å². The number of rotatable bonds is 10. The Bertz CT molecular complexity index is 680. The largest absolute Gasteiger partial charge is 0.464 e. The van der Waals surface area contributed by atoms with Crippen LogP contribution in [0.5, 0.6) is 0 Å². The molecule has 0 radical (unpaired) electrons. The van der Waals surface area contributed by atoms with E-state index in [-0.39, 0.29) is 18.8 Å². The number of ether oxygens (including phenoxy) is 1. The number of hydrogen-bond acceptors (Lipinski definition) is 2. The Morgan fingerprint density at radius 3 is 1.41 bits per heavy atom. The van der Waals surface area contributed by atoms with E-state index in [1.165, 1.54) is 13.8 Å². The third-order valence-electron chi connectivity index (χ3n) is 6.31. The lowest BCUT2D eigenvalue weighted by atomic mass is 9.70. The van der Waals surface area contributed by atoms with Crippen molar-refractivity contribution in [2.24, 2.45) is 22.7 Å². The molecule has 0 aliphatic heterocycles. The Balaban J connectivity index is 6.82. The maximum Gasteiger partial charge on any atom is 0.459 e. The summed E-state index contributed by atoms with van der Waals surface area (Å²) in [6, 6.07) is 0. The van der Waals surface area contributed by atoms with E-state index in [2.05, 4.69) is 4.74 Å². The maximum absolute atomic E-state index is 14.1. The molecule has 0 aromatic carbocycles. The lowest BCUT2D eigenvalue weighted by molar-refractivity contribution is -0.464. The van der Waals surface area contributed by atoms with Crippen LogP contribution in [0.1, 0.15) is 53.9 Å². The highest BCUT2D eigenvalue weighted by molar-refractivity contribution is 5.76. The molecule has 0 aliphatic carbocycles. The molecule has 0 bridgehead atoms. The van der Waals surface area contributed by atoms with E-state index in [9.17, 15) is 61.9 Å². The van der Waals surface area contributed by atoms with E-state index in [1.54, 1.807) is 13.8 Å². The zero-order valence-corrected chi connectivity index (χ0v) is 18.7. The molecule has 0 heterocycles. The monoisotopic (exact) mass is 532 g/mol. The molecule has 0 aromatic heterocycles. The minimum absolute atomic E-state index is 0.119. The third kappa shape index (κ3) is 5.36. The highest BCUT2D eigenvalue weighted by Gasteiger charge is 2.92. The van der Waals surface area contributed by atoms with Crippen LogP contribution < -0.4 is 0 Å².